The molecule has 3 N–H and O–H groups in total. The predicted molar refractivity (Wildman–Crippen MR) is 70.5 cm³/mol. The van der Waals surface area contributed by atoms with Gasteiger partial charge in [-0.25, -0.2) is 4.39 Å². The topological polar surface area (TPSA) is 72.5 Å². The highest BCUT2D eigenvalue weighted by Gasteiger charge is 2.26. The number of carboxylic acid groups (broad SMARTS) is 1. The molecule has 0 aliphatic carbocycles. The molecule has 0 fully saturated rings. The summed E-state index contributed by atoms with van der Waals surface area (Å²) in [6, 6.07) is 3.96. The van der Waals surface area contributed by atoms with E-state index in [0.717, 1.165) is 0 Å². The number of aliphatic carboxylic acids is 1. The van der Waals surface area contributed by atoms with Gasteiger partial charge in [-0.15, -0.1) is 0 Å². The van der Waals surface area contributed by atoms with Gasteiger partial charge in [0.15, 0.2) is 0 Å². The quantitative estimate of drug-likeness (QED) is 0.832. The summed E-state index contributed by atoms with van der Waals surface area (Å²) in [6.45, 7) is 3.62. The Morgan fingerprint density at radius 1 is 1.53 bits per heavy atom. The number of rotatable bonds is 6. The van der Waals surface area contributed by atoms with Crippen molar-refractivity contribution in [1.82, 2.24) is 0 Å². The fraction of sp³-hybridized carbons (Fsp3) is 0.500. The highest BCUT2D eigenvalue weighted by atomic mass is 19.1. The van der Waals surface area contributed by atoms with Gasteiger partial charge in [0.25, 0.3) is 0 Å². The van der Waals surface area contributed by atoms with Crippen molar-refractivity contribution in [2.24, 2.45) is 11.1 Å². The molecule has 0 aliphatic heterocycles. The predicted octanol–water partition coefficient (Wildman–Crippen LogP) is 2.73. The van der Waals surface area contributed by atoms with Crippen molar-refractivity contribution in [2.75, 3.05) is 7.11 Å². The molecule has 0 amide bonds. The maximum atomic E-state index is 13.8. The van der Waals surface area contributed by atoms with E-state index in [1.54, 1.807) is 12.1 Å². The summed E-state index contributed by atoms with van der Waals surface area (Å²) in [5, 5.41) is 8.82. The second-order valence-corrected chi connectivity index (χ2v) is 5.43. The van der Waals surface area contributed by atoms with E-state index >= 15 is 0 Å². The van der Waals surface area contributed by atoms with Crippen molar-refractivity contribution in [2.45, 2.75) is 32.7 Å². The van der Waals surface area contributed by atoms with Gasteiger partial charge in [0.1, 0.15) is 11.6 Å². The molecule has 1 rings (SSSR count). The van der Waals surface area contributed by atoms with E-state index in [1.807, 2.05) is 13.8 Å². The Hall–Kier alpha value is -1.62. The molecular weight excluding hydrogens is 249 g/mol. The molecule has 4 nitrogen and oxygen atoms in total. The minimum absolute atomic E-state index is 0.00151. The fourth-order valence-electron chi connectivity index (χ4n) is 2.12. The van der Waals surface area contributed by atoms with Crippen molar-refractivity contribution in [3.05, 3.63) is 29.6 Å². The monoisotopic (exact) mass is 269 g/mol. The number of benzene rings is 1. The Kier molecular flexibility index (Phi) is 4.89. The first-order valence-corrected chi connectivity index (χ1v) is 6.06. The number of ether oxygens (including phenoxy) is 1. The van der Waals surface area contributed by atoms with Gasteiger partial charge in [0.05, 0.1) is 13.5 Å². The molecule has 0 bridgehead atoms. The second-order valence-electron chi connectivity index (χ2n) is 5.43. The Bertz CT molecular complexity index is 460. The number of carbonyl (C=O) groups is 1. The molecule has 5 heteroatoms. The Balaban J connectivity index is 2.83. The summed E-state index contributed by atoms with van der Waals surface area (Å²) in [7, 11) is 1.46. The normalized spacial score (nSPS) is 13.1. The lowest BCUT2D eigenvalue weighted by Gasteiger charge is -2.26. The second kappa shape index (κ2) is 6.02. The van der Waals surface area contributed by atoms with Crippen molar-refractivity contribution < 1.29 is 19.0 Å². The van der Waals surface area contributed by atoms with Gasteiger partial charge >= 0.3 is 5.97 Å². The molecule has 1 aromatic carbocycles. The van der Waals surface area contributed by atoms with E-state index in [9.17, 15) is 9.18 Å². The summed E-state index contributed by atoms with van der Waals surface area (Å²) < 4.78 is 18.8. The maximum absolute atomic E-state index is 13.8. The van der Waals surface area contributed by atoms with E-state index in [2.05, 4.69) is 0 Å². The average Bonchev–Trinajstić information content (AvgIpc) is 2.25. The molecule has 0 heterocycles. The zero-order valence-electron chi connectivity index (χ0n) is 11.4. The highest BCUT2D eigenvalue weighted by Crippen LogP contribution is 2.33. The first-order chi connectivity index (χ1) is 8.75. The average molecular weight is 269 g/mol. The summed E-state index contributed by atoms with van der Waals surface area (Å²) in [5.41, 5.74) is 5.86. The van der Waals surface area contributed by atoms with Crippen LogP contribution in [0.1, 0.15) is 38.3 Å². The van der Waals surface area contributed by atoms with Crippen LogP contribution in [-0.4, -0.2) is 18.2 Å². The van der Waals surface area contributed by atoms with Crippen molar-refractivity contribution in [3.63, 3.8) is 0 Å². The lowest BCUT2D eigenvalue weighted by atomic mass is 9.81. The zero-order chi connectivity index (χ0) is 14.6. The smallest absolute Gasteiger partial charge is 0.303 e. The van der Waals surface area contributed by atoms with E-state index < -0.39 is 23.2 Å². The number of halogens is 1. The molecule has 0 aliphatic rings. The number of hydrogen-bond acceptors (Lipinski definition) is 3. The van der Waals surface area contributed by atoms with Crippen LogP contribution in [-0.2, 0) is 4.79 Å². The molecule has 0 saturated carbocycles. The van der Waals surface area contributed by atoms with Crippen LogP contribution >= 0.6 is 0 Å². The van der Waals surface area contributed by atoms with Crippen LogP contribution in [0.15, 0.2) is 18.2 Å². The first kappa shape index (κ1) is 15.4. The maximum Gasteiger partial charge on any atom is 0.303 e. The Morgan fingerprint density at radius 2 is 2.16 bits per heavy atom. The van der Waals surface area contributed by atoms with Gasteiger partial charge in [-0.2, -0.15) is 0 Å². The number of carboxylic acids is 1. The molecule has 0 radical (unpaired) electrons. The van der Waals surface area contributed by atoms with Gasteiger partial charge < -0.3 is 15.6 Å². The van der Waals surface area contributed by atoms with Crippen LogP contribution in [0, 0.1) is 11.2 Å². The number of hydrogen-bond donors (Lipinski definition) is 2. The fourth-order valence-corrected chi connectivity index (χ4v) is 2.12. The van der Waals surface area contributed by atoms with Crippen molar-refractivity contribution in [1.29, 1.82) is 0 Å². The number of nitrogens with two attached hydrogens (primary N) is 1. The van der Waals surface area contributed by atoms with Crippen LogP contribution in [0.2, 0.25) is 0 Å². The van der Waals surface area contributed by atoms with E-state index in [0.29, 0.717) is 17.7 Å². The Morgan fingerprint density at radius 3 is 2.63 bits per heavy atom. The van der Waals surface area contributed by atoms with Crippen LogP contribution in [0.25, 0.3) is 0 Å². The highest BCUT2D eigenvalue weighted by molar-refractivity contribution is 5.67. The first-order valence-electron chi connectivity index (χ1n) is 6.06. The van der Waals surface area contributed by atoms with E-state index in [1.165, 1.54) is 13.2 Å². The van der Waals surface area contributed by atoms with Crippen molar-refractivity contribution >= 4 is 5.97 Å². The third kappa shape index (κ3) is 4.52. The van der Waals surface area contributed by atoms with Gasteiger partial charge in [0, 0.05) is 17.7 Å². The third-order valence-electron chi connectivity index (χ3n) is 3.01. The molecule has 0 aromatic heterocycles. The van der Waals surface area contributed by atoms with Gasteiger partial charge in [0.2, 0.25) is 0 Å². The minimum atomic E-state index is -0.882. The van der Waals surface area contributed by atoms with Gasteiger partial charge in [-0.3, -0.25) is 4.79 Å². The molecular formula is C14H20FNO3. The standard InChI is InChI=1S/C14H20FNO3/c1-14(2,8-13(17)18)7-12(16)10-5-4-9(19-3)6-11(10)15/h4-6,12H,7-8,16H2,1-3H3,(H,17,18). The summed E-state index contributed by atoms with van der Waals surface area (Å²) in [5.74, 6) is -0.886. The molecule has 1 unspecified atom stereocenters. The largest absolute Gasteiger partial charge is 0.497 e. The van der Waals surface area contributed by atoms with Crippen LogP contribution in [0.3, 0.4) is 0 Å². The summed E-state index contributed by atoms with van der Waals surface area (Å²) in [4.78, 5) is 10.8. The molecule has 19 heavy (non-hydrogen) atoms. The van der Waals surface area contributed by atoms with E-state index in [4.69, 9.17) is 15.6 Å². The van der Waals surface area contributed by atoms with Gasteiger partial charge in [-0.1, -0.05) is 19.9 Å². The summed E-state index contributed by atoms with van der Waals surface area (Å²) >= 11 is 0. The lowest BCUT2D eigenvalue weighted by molar-refractivity contribution is -0.139. The molecule has 106 valence electrons. The molecule has 0 spiro atoms. The van der Waals surface area contributed by atoms with E-state index in [-0.39, 0.29) is 6.42 Å². The minimum Gasteiger partial charge on any atom is -0.497 e. The van der Waals surface area contributed by atoms with Crippen LogP contribution in [0.5, 0.6) is 5.75 Å². The molecule has 1 atom stereocenters. The Labute approximate surface area is 112 Å². The lowest BCUT2D eigenvalue weighted by Crippen LogP contribution is -2.24. The SMILES string of the molecule is COc1ccc(C(N)CC(C)(C)CC(=O)O)c(F)c1. The molecule has 1 aromatic rings. The van der Waals surface area contributed by atoms with Crippen LogP contribution in [0.4, 0.5) is 4.39 Å². The summed E-state index contributed by atoms with van der Waals surface area (Å²) in [6.07, 6.45) is 0.390. The van der Waals surface area contributed by atoms with Gasteiger partial charge in [-0.05, 0) is 17.9 Å². The number of methoxy groups -OCH3 is 1. The molecule has 0 saturated heterocycles. The zero-order valence-corrected chi connectivity index (χ0v) is 11.4. The van der Waals surface area contributed by atoms with Crippen LogP contribution < -0.4 is 10.5 Å². The van der Waals surface area contributed by atoms with Crippen molar-refractivity contribution in [3.8, 4) is 5.75 Å². The third-order valence-corrected chi connectivity index (χ3v) is 3.01.